The fraction of sp³-hybridized carbons (Fsp3) is 0.353. The summed E-state index contributed by atoms with van der Waals surface area (Å²) in [5, 5.41) is 0.519. The van der Waals surface area contributed by atoms with Gasteiger partial charge in [-0.15, -0.1) is 0 Å². The second-order valence-corrected chi connectivity index (χ2v) is 7.43. The molecule has 0 saturated carbocycles. The Labute approximate surface area is 159 Å². The van der Waals surface area contributed by atoms with Gasteiger partial charge in [-0.05, 0) is 25.0 Å². The van der Waals surface area contributed by atoms with Crippen molar-refractivity contribution in [2.45, 2.75) is 25.7 Å². The molecule has 3 rings (SSSR count). The highest BCUT2D eigenvalue weighted by atomic mass is 32.2. The van der Waals surface area contributed by atoms with Gasteiger partial charge < -0.3 is 4.84 Å². The minimum atomic E-state index is -0.636. The van der Waals surface area contributed by atoms with Crippen molar-refractivity contribution in [2.24, 2.45) is 0 Å². The van der Waals surface area contributed by atoms with Crippen LogP contribution in [0.5, 0.6) is 0 Å². The van der Waals surface area contributed by atoms with Gasteiger partial charge in [0.1, 0.15) is 4.32 Å². The normalized spacial score (nSPS) is 16.5. The zero-order chi connectivity index (χ0) is 18.7. The van der Waals surface area contributed by atoms with Crippen molar-refractivity contribution in [1.82, 2.24) is 9.96 Å². The molecular formula is C17H16N2O5S2. The van der Waals surface area contributed by atoms with Crippen LogP contribution in [0.3, 0.4) is 0 Å². The molecule has 0 radical (unpaired) electrons. The van der Waals surface area contributed by atoms with E-state index in [0.717, 1.165) is 0 Å². The van der Waals surface area contributed by atoms with Crippen molar-refractivity contribution in [3.05, 3.63) is 35.4 Å². The van der Waals surface area contributed by atoms with E-state index in [1.807, 2.05) is 0 Å². The number of thiocarbonyl (C=S) groups is 1. The first-order chi connectivity index (χ1) is 12.5. The average Bonchev–Trinajstić information content (AvgIpc) is 3.07. The quantitative estimate of drug-likeness (QED) is 0.399. The smallest absolute Gasteiger partial charge is 0.330 e. The summed E-state index contributed by atoms with van der Waals surface area (Å²) in [5.41, 5.74) is 0.462. The van der Waals surface area contributed by atoms with E-state index < -0.39 is 17.8 Å². The monoisotopic (exact) mass is 392 g/mol. The first-order valence-corrected chi connectivity index (χ1v) is 9.54. The van der Waals surface area contributed by atoms with E-state index in [9.17, 15) is 19.2 Å². The molecule has 0 spiro atoms. The molecule has 1 saturated heterocycles. The van der Waals surface area contributed by atoms with Crippen molar-refractivity contribution in [1.29, 1.82) is 0 Å². The SMILES string of the molecule is O=C(CCCCCN1C(=O)CSC1=S)ON1C(=O)c2ccccc2C1=O. The van der Waals surface area contributed by atoms with E-state index in [-0.39, 0.29) is 23.5 Å². The van der Waals surface area contributed by atoms with E-state index in [4.69, 9.17) is 17.1 Å². The van der Waals surface area contributed by atoms with Gasteiger partial charge in [0.25, 0.3) is 11.8 Å². The Morgan fingerprint density at radius 3 is 2.31 bits per heavy atom. The first-order valence-electron chi connectivity index (χ1n) is 8.15. The summed E-state index contributed by atoms with van der Waals surface area (Å²) in [6.07, 6.45) is 2.03. The number of carbonyl (C=O) groups is 4. The van der Waals surface area contributed by atoms with Crippen molar-refractivity contribution in [3.63, 3.8) is 0 Å². The van der Waals surface area contributed by atoms with Gasteiger partial charge in [-0.25, -0.2) is 4.79 Å². The second kappa shape index (κ2) is 7.96. The van der Waals surface area contributed by atoms with Crippen molar-refractivity contribution >= 4 is 52.0 Å². The summed E-state index contributed by atoms with van der Waals surface area (Å²) in [6, 6.07) is 6.33. The maximum Gasteiger partial charge on any atom is 0.333 e. The van der Waals surface area contributed by atoms with Crippen LogP contribution in [0.2, 0.25) is 0 Å². The maximum absolute atomic E-state index is 12.1. The summed E-state index contributed by atoms with van der Waals surface area (Å²) >= 11 is 6.45. The number of benzene rings is 1. The molecule has 2 aliphatic heterocycles. The summed E-state index contributed by atoms with van der Waals surface area (Å²) < 4.78 is 0.597. The van der Waals surface area contributed by atoms with E-state index in [1.54, 1.807) is 17.0 Å². The number of amides is 3. The number of fused-ring (bicyclic) bond motifs is 1. The summed E-state index contributed by atoms with van der Waals surface area (Å²) in [4.78, 5) is 54.2. The molecule has 0 unspecified atom stereocenters. The number of imide groups is 1. The van der Waals surface area contributed by atoms with Gasteiger partial charge in [-0.1, -0.05) is 47.6 Å². The number of rotatable bonds is 7. The zero-order valence-electron chi connectivity index (χ0n) is 13.8. The molecule has 0 aromatic heterocycles. The van der Waals surface area contributed by atoms with Crippen molar-refractivity contribution in [2.75, 3.05) is 12.3 Å². The average molecular weight is 392 g/mol. The molecule has 1 aromatic rings. The molecule has 0 atom stereocenters. The molecule has 136 valence electrons. The van der Waals surface area contributed by atoms with Gasteiger partial charge in [-0.2, -0.15) is 0 Å². The Bertz CT molecular complexity index is 744. The van der Waals surface area contributed by atoms with Gasteiger partial charge in [0.05, 0.1) is 16.9 Å². The van der Waals surface area contributed by atoms with Crippen LogP contribution in [0.4, 0.5) is 0 Å². The number of thioether (sulfide) groups is 1. The second-order valence-electron chi connectivity index (χ2n) is 5.82. The minimum Gasteiger partial charge on any atom is -0.330 e. The minimum absolute atomic E-state index is 0.0186. The van der Waals surface area contributed by atoms with Crippen LogP contribution >= 0.6 is 24.0 Å². The molecule has 9 heteroatoms. The van der Waals surface area contributed by atoms with E-state index in [2.05, 4.69) is 0 Å². The molecule has 1 aromatic carbocycles. The molecule has 1 fully saturated rings. The fourth-order valence-corrected chi connectivity index (χ4v) is 3.83. The van der Waals surface area contributed by atoms with Crippen LogP contribution in [0, 0.1) is 0 Å². The van der Waals surface area contributed by atoms with Crippen LogP contribution in [0.1, 0.15) is 46.4 Å². The lowest BCUT2D eigenvalue weighted by Gasteiger charge is -2.14. The van der Waals surface area contributed by atoms with Crippen LogP contribution in [0.15, 0.2) is 24.3 Å². The lowest BCUT2D eigenvalue weighted by Crippen LogP contribution is -2.32. The van der Waals surface area contributed by atoms with Crippen LogP contribution in [-0.2, 0) is 14.4 Å². The third kappa shape index (κ3) is 3.78. The molecule has 0 N–H and O–H groups in total. The number of hydrogen-bond donors (Lipinski definition) is 0. The third-order valence-corrected chi connectivity index (χ3v) is 5.49. The zero-order valence-corrected chi connectivity index (χ0v) is 15.4. The largest absolute Gasteiger partial charge is 0.333 e. The Hall–Kier alpha value is -2.26. The molecule has 26 heavy (non-hydrogen) atoms. The van der Waals surface area contributed by atoms with E-state index in [0.29, 0.717) is 40.9 Å². The Kier molecular flexibility index (Phi) is 5.67. The highest BCUT2D eigenvalue weighted by Gasteiger charge is 2.38. The highest BCUT2D eigenvalue weighted by Crippen LogP contribution is 2.23. The predicted molar refractivity (Wildman–Crippen MR) is 98.3 cm³/mol. The Morgan fingerprint density at radius 2 is 1.73 bits per heavy atom. The van der Waals surface area contributed by atoms with Gasteiger partial charge in [0.15, 0.2) is 0 Å². The van der Waals surface area contributed by atoms with Crippen LogP contribution in [-0.4, -0.2) is 50.3 Å². The van der Waals surface area contributed by atoms with Gasteiger partial charge >= 0.3 is 5.97 Å². The Morgan fingerprint density at radius 1 is 1.08 bits per heavy atom. The number of unbranched alkanes of at least 4 members (excludes halogenated alkanes) is 2. The number of hydroxylamine groups is 2. The standard InChI is InChI=1S/C17H16N2O5S2/c20-13-10-26-17(25)18(13)9-5-1-2-8-14(21)24-19-15(22)11-6-3-4-7-12(11)16(19)23/h3-4,6-7H,1-2,5,8-10H2. The molecule has 0 aliphatic carbocycles. The van der Waals surface area contributed by atoms with Gasteiger partial charge in [0, 0.05) is 13.0 Å². The number of hydrogen-bond acceptors (Lipinski definition) is 7. The first kappa shape index (κ1) is 18.5. The molecular weight excluding hydrogens is 376 g/mol. The van der Waals surface area contributed by atoms with E-state index in [1.165, 1.54) is 23.9 Å². The number of carbonyl (C=O) groups excluding carboxylic acids is 4. The van der Waals surface area contributed by atoms with Crippen molar-refractivity contribution < 1.29 is 24.0 Å². The maximum atomic E-state index is 12.1. The van der Waals surface area contributed by atoms with E-state index >= 15 is 0 Å². The van der Waals surface area contributed by atoms with Gasteiger partial charge in [0.2, 0.25) is 5.91 Å². The number of nitrogens with zero attached hydrogens (tertiary/aromatic N) is 2. The lowest BCUT2D eigenvalue weighted by molar-refractivity contribution is -0.168. The topological polar surface area (TPSA) is 84.0 Å². The van der Waals surface area contributed by atoms with Crippen LogP contribution < -0.4 is 0 Å². The molecule has 2 aliphatic rings. The molecule has 7 nitrogen and oxygen atoms in total. The van der Waals surface area contributed by atoms with Crippen LogP contribution in [0.25, 0.3) is 0 Å². The summed E-state index contributed by atoms with van der Waals surface area (Å²) in [6.45, 7) is 0.540. The Balaban J connectivity index is 1.40. The highest BCUT2D eigenvalue weighted by molar-refractivity contribution is 8.23. The fourth-order valence-electron chi connectivity index (χ4n) is 2.71. The lowest BCUT2D eigenvalue weighted by atomic mass is 10.1. The van der Waals surface area contributed by atoms with Crippen molar-refractivity contribution in [3.8, 4) is 0 Å². The molecule has 0 bridgehead atoms. The summed E-state index contributed by atoms with van der Waals surface area (Å²) in [7, 11) is 0. The molecule has 3 amide bonds. The summed E-state index contributed by atoms with van der Waals surface area (Å²) in [5.74, 6) is -1.48. The molecule has 2 heterocycles. The van der Waals surface area contributed by atoms with Gasteiger partial charge in [-0.3, -0.25) is 19.3 Å². The third-order valence-electron chi connectivity index (χ3n) is 4.05. The predicted octanol–water partition coefficient (Wildman–Crippen LogP) is 2.16.